The van der Waals surface area contributed by atoms with Gasteiger partial charge >= 0.3 is 12.3 Å². The Bertz CT molecular complexity index is 329. The van der Waals surface area contributed by atoms with Gasteiger partial charge < -0.3 is 18.9 Å². The van der Waals surface area contributed by atoms with Crippen LogP contribution in [0.3, 0.4) is 0 Å². The highest BCUT2D eigenvalue weighted by Crippen LogP contribution is 2.13. The van der Waals surface area contributed by atoms with E-state index in [1.165, 1.54) is 0 Å². The minimum atomic E-state index is -0.616. The molecule has 0 spiro atoms. The Morgan fingerprint density at radius 2 is 0.958 bits per heavy atom. The van der Waals surface area contributed by atoms with Gasteiger partial charge in [0.05, 0.1) is 13.2 Å². The van der Waals surface area contributed by atoms with Gasteiger partial charge in [0.15, 0.2) is 0 Å². The first-order valence-electron chi connectivity index (χ1n) is 8.34. The van der Waals surface area contributed by atoms with Crippen LogP contribution < -0.4 is 0 Å². The third kappa shape index (κ3) is 22.8. The first kappa shape index (κ1) is 24.8. The predicted octanol–water partition coefficient (Wildman–Crippen LogP) is 5.19. The molecule has 0 amide bonds. The lowest BCUT2D eigenvalue weighted by atomic mass is 10.2. The molecule has 24 heavy (non-hydrogen) atoms. The van der Waals surface area contributed by atoms with E-state index in [1.807, 2.05) is 27.7 Å². The van der Waals surface area contributed by atoms with Crippen molar-refractivity contribution in [3.05, 3.63) is 0 Å². The van der Waals surface area contributed by atoms with Gasteiger partial charge in [-0.15, -0.1) is 0 Å². The molecule has 0 saturated heterocycles. The Morgan fingerprint density at radius 1 is 0.667 bits per heavy atom. The Hall–Kier alpha value is -1.46. The molecule has 0 aromatic heterocycles. The Morgan fingerprint density at radius 3 is 1.17 bits per heavy atom. The molecule has 0 aliphatic carbocycles. The fourth-order valence-electron chi connectivity index (χ4n) is 1.03. The fourth-order valence-corrected chi connectivity index (χ4v) is 1.03. The first-order valence-corrected chi connectivity index (χ1v) is 8.34. The molecule has 0 heterocycles. The number of rotatable bonds is 4. The lowest BCUT2D eigenvalue weighted by Gasteiger charge is -2.24. The van der Waals surface area contributed by atoms with Gasteiger partial charge in [-0.2, -0.15) is 0 Å². The molecule has 0 fully saturated rings. The van der Waals surface area contributed by atoms with Crippen LogP contribution in [0.2, 0.25) is 0 Å². The monoisotopic (exact) mass is 348 g/mol. The van der Waals surface area contributed by atoms with Crippen LogP contribution in [0, 0.1) is 11.8 Å². The van der Waals surface area contributed by atoms with Crippen molar-refractivity contribution in [2.45, 2.75) is 80.4 Å². The molecule has 0 unspecified atom stereocenters. The average molecular weight is 348 g/mol. The van der Waals surface area contributed by atoms with Crippen molar-refractivity contribution in [2.75, 3.05) is 13.2 Å². The van der Waals surface area contributed by atoms with E-state index in [0.29, 0.717) is 25.0 Å². The molecule has 0 N–H and O–H groups in total. The molecule has 6 nitrogen and oxygen atoms in total. The van der Waals surface area contributed by atoms with Crippen LogP contribution in [0.1, 0.15) is 69.2 Å². The number of ether oxygens (including phenoxy) is 4. The molecular weight excluding hydrogens is 312 g/mol. The van der Waals surface area contributed by atoms with E-state index < -0.39 is 23.5 Å². The van der Waals surface area contributed by atoms with E-state index in [0.717, 1.165) is 0 Å². The van der Waals surface area contributed by atoms with Gasteiger partial charge in [-0.25, -0.2) is 9.59 Å². The predicted molar refractivity (Wildman–Crippen MR) is 94.0 cm³/mol. The average Bonchev–Trinajstić information content (AvgIpc) is 2.29. The highest BCUT2D eigenvalue weighted by atomic mass is 16.7. The minimum absolute atomic E-state index is 0.358. The van der Waals surface area contributed by atoms with E-state index in [1.54, 1.807) is 41.5 Å². The van der Waals surface area contributed by atoms with Crippen molar-refractivity contribution in [3.8, 4) is 0 Å². The fraction of sp³-hybridized carbons (Fsp3) is 0.889. The van der Waals surface area contributed by atoms with Gasteiger partial charge in [0.1, 0.15) is 11.2 Å². The van der Waals surface area contributed by atoms with Crippen molar-refractivity contribution < 1.29 is 28.5 Å². The molecule has 144 valence electrons. The lowest BCUT2D eigenvalue weighted by molar-refractivity contribution is -0.0468. The zero-order valence-electron chi connectivity index (χ0n) is 17.0. The van der Waals surface area contributed by atoms with Crippen LogP contribution in [0.15, 0.2) is 0 Å². The first-order chi connectivity index (χ1) is 10.6. The second-order valence-corrected chi connectivity index (χ2v) is 8.34. The van der Waals surface area contributed by atoms with Crippen LogP contribution in [0.5, 0.6) is 0 Å². The summed E-state index contributed by atoms with van der Waals surface area (Å²) in [7, 11) is 0. The zero-order chi connectivity index (χ0) is 19.6. The second kappa shape index (κ2) is 11.2. The van der Waals surface area contributed by atoms with Crippen molar-refractivity contribution in [3.63, 3.8) is 0 Å². The summed E-state index contributed by atoms with van der Waals surface area (Å²) in [4.78, 5) is 21.8. The Kier molecular flexibility index (Phi) is 11.5. The minimum Gasteiger partial charge on any atom is -0.434 e. The summed E-state index contributed by atoms with van der Waals surface area (Å²) in [6.45, 7) is 19.6. The van der Waals surface area contributed by atoms with E-state index in [4.69, 9.17) is 18.9 Å². The normalized spacial score (nSPS) is 11.5. The molecule has 0 aromatic rings. The van der Waals surface area contributed by atoms with E-state index in [9.17, 15) is 9.59 Å². The SMILES string of the molecule is CC(C)(C)OC(=O)OC(C)(C)C.CC(C)COC(=O)OCC(C)C. The number of carbonyl (C=O) groups is 2. The smallest absolute Gasteiger partial charge is 0.434 e. The maximum Gasteiger partial charge on any atom is 0.509 e. The third-order valence-corrected chi connectivity index (χ3v) is 1.85. The summed E-state index contributed by atoms with van der Waals surface area (Å²) in [6.07, 6.45) is -1.17. The topological polar surface area (TPSA) is 71.1 Å². The molecule has 0 rings (SSSR count). The van der Waals surface area contributed by atoms with Gasteiger partial charge in [0, 0.05) is 0 Å². The van der Waals surface area contributed by atoms with Crippen LogP contribution in [0.25, 0.3) is 0 Å². The van der Waals surface area contributed by atoms with Crippen molar-refractivity contribution in [2.24, 2.45) is 11.8 Å². The number of carbonyl (C=O) groups excluding carboxylic acids is 2. The highest BCUT2D eigenvalue weighted by molar-refractivity contribution is 5.61. The van der Waals surface area contributed by atoms with Gasteiger partial charge in [0.2, 0.25) is 0 Å². The molecule has 0 aliphatic heterocycles. The summed E-state index contributed by atoms with van der Waals surface area (Å²) in [6, 6.07) is 0. The van der Waals surface area contributed by atoms with Crippen LogP contribution >= 0.6 is 0 Å². The molecule has 6 heteroatoms. The van der Waals surface area contributed by atoms with E-state index in [-0.39, 0.29) is 0 Å². The number of hydrogen-bond donors (Lipinski definition) is 0. The molecule has 0 aromatic carbocycles. The van der Waals surface area contributed by atoms with E-state index >= 15 is 0 Å². The highest BCUT2D eigenvalue weighted by Gasteiger charge is 2.22. The summed E-state index contributed by atoms with van der Waals surface area (Å²) in [5, 5.41) is 0. The van der Waals surface area contributed by atoms with Gasteiger partial charge in [-0.1, -0.05) is 27.7 Å². The second-order valence-electron chi connectivity index (χ2n) is 8.34. The third-order valence-electron chi connectivity index (χ3n) is 1.85. The number of hydrogen-bond acceptors (Lipinski definition) is 6. The summed E-state index contributed by atoms with van der Waals surface area (Å²) < 4.78 is 19.5. The van der Waals surface area contributed by atoms with Crippen LogP contribution in [-0.2, 0) is 18.9 Å². The van der Waals surface area contributed by atoms with Crippen molar-refractivity contribution >= 4 is 12.3 Å². The summed E-state index contributed by atoms with van der Waals surface area (Å²) in [5.74, 6) is 0.716. The van der Waals surface area contributed by atoms with Gasteiger partial charge in [-0.3, -0.25) is 0 Å². The maximum absolute atomic E-state index is 11.0. The molecule has 0 radical (unpaired) electrons. The van der Waals surface area contributed by atoms with Gasteiger partial charge in [0.25, 0.3) is 0 Å². The zero-order valence-corrected chi connectivity index (χ0v) is 17.0. The molecular formula is C18H36O6. The summed E-state index contributed by atoms with van der Waals surface area (Å²) >= 11 is 0. The molecule has 0 atom stereocenters. The van der Waals surface area contributed by atoms with Crippen LogP contribution in [-0.4, -0.2) is 36.7 Å². The maximum atomic E-state index is 11.0. The molecule has 0 aliphatic rings. The largest absolute Gasteiger partial charge is 0.509 e. The van der Waals surface area contributed by atoms with Crippen molar-refractivity contribution in [1.29, 1.82) is 0 Å². The molecule has 0 bridgehead atoms. The summed E-state index contributed by atoms with van der Waals surface area (Å²) in [5.41, 5.74) is -0.968. The standard InChI is InChI=1S/2C9H18O3/c1-8(2,3)11-7(10)12-9(4,5)6;1-7(2)5-11-9(10)12-6-8(3)4/h1-6H3;7-8H,5-6H2,1-4H3. The molecule has 0 saturated carbocycles. The Balaban J connectivity index is 0. The quantitative estimate of drug-likeness (QED) is 0.651. The van der Waals surface area contributed by atoms with Gasteiger partial charge in [-0.05, 0) is 53.4 Å². The van der Waals surface area contributed by atoms with Crippen LogP contribution in [0.4, 0.5) is 9.59 Å². The Labute approximate surface area is 147 Å². The lowest BCUT2D eigenvalue weighted by Crippen LogP contribution is -2.30. The van der Waals surface area contributed by atoms with E-state index in [2.05, 4.69) is 0 Å². The van der Waals surface area contributed by atoms with Crippen molar-refractivity contribution in [1.82, 2.24) is 0 Å².